The van der Waals surface area contributed by atoms with E-state index in [2.05, 4.69) is 51.7 Å². The molecule has 0 bridgehead atoms. The molecule has 0 atom stereocenters. The lowest BCUT2D eigenvalue weighted by molar-refractivity contribution is 0.480. The Kier molecular flexibility index (Phi) is 6.85. The van der Waals surface area contributed by atoms with Crippen LogP contribution in [0.1, 0.15) is 34.1 Å². The van der Waals surface area contributed by atoms with Crippen LogP contribution in [0.2, 0.25) is 0 Å². The van der Waals surface area contributed by atoms with Crippen molar-refractivity contribution in [1.29, 1.82) is 0 Å². The molecule has 1 rings (SSSR count). The lowest BCUT2D eigenvalue weighted by atomic mass is 9.73. The third-order valence-corrected chi connectivity index (χ3v) is 5.07. The van der Waals surface area contributed by atoms with E-state index in [4.69, 9.17) is 10.3 Å². The fourth-order valence-electron chi connectivity index (χ4n) is 2.63. The van der Waals surface area contributed by atoms with E-state index in [1.807, 2.05) is 12.2 Å². The first-order chi connectivity index (χ1) is 11.4. The van der Waals surface area contributed by atoms with Gasteiger partial charge in [-0.15, -0.1) is 0 Å². The molecule has 0 fully saturated rings. The minimum absolute atomic E-state index is 0.131. The third kappa shape index (κ3) is 6.55. The number of hydrogen-bond acceptors (Lipinski definition) is 4. The molecule has 0 saturated carbocycles. The van der Waals surface area contributed by atoms with Gasteiger partial charge in [-0.25, -0.2) is 0 Å². The van der Waals surface area contributed by atoms with Gasteiger partial charge in [0.25, 0.3) is 10.1 Å². The maximum atomic E-state index is 10.9. The number of nitrogens with one attached hydrogen (secondary N) is 1. The van der Waals surface area contributed by atoms with Crippen molar-refractivity contribution in [2.24, 2.45) is 16.6 Å². The Hall–Kier alpha value is -1.79. The number of allylic oxidation sites excluding steroid dienone is 7. The summed E-state index contributed by atoms with van der Waals surface area (Å²) in [7, 11) is -3.94. The van der Waals surface area contributed by atoms with E-state index < -0.39 is 10.1 Å². The lowest BCUT2D eigenvalue weighted by Crippen LogP contribution is -2.27. The molecular formula is C19H30N2O3S. The predicted octanol–water partition coefficient (Wildman–Crippen LogP) is 3.32. The highest BCUT2D eigenvalue weighted by Gasteiger charge is 2.30. The van der Waals surface area contributed by atoms with Crippen LogP contribution in [-0.2, 0) is 10.1 Å². The summed E-state index contributed by atoms with van der Waals surface area (Å²) in [6, 6.07) is 0. The van der Waals surface area contributed by atoms with Crippen molar-refractivity contribution in [3.05, 3.63) is 60.0 Å². The van der Waals surface area contributed by atoms with E-state index in [1.54, 1.807) is 6.08 Å². The fourth-order valence-corrected chi connectivity index (χ4v) is 3.14. The Labute approximate surface area is 151 Å². The average Bonchev–Trinajstić information content (AvgIpc) is 2.61. The van der Waals surface area contributed by atoms with Crippen LogP contribution in [0.3, 0.4) is 0 Å². The average molecular weight is 367 g/mol. The molecule has 0 saturated heterocycles. The molecule has 1 aliphatic rings. The SMILES string of the molecule is C=C(/C=C/N)C(C)(C)C1=CC(C)(C)C=CC=C1NCCCS(=O)(=O)O. The number of rotatable bonds is 8. The van der Waals surface area contributed by atoms with Crippen LogP contribution in [0.15, 0.2) is 60.0 Å². The first-order valence-corrected chi connectivity index (χ1v) is 9.90. The second-order valence-corrected chi connectivity index (χ2v) is 8.97. The van der Waals surface area contributed by atoms with Gasteiger partial charge in [-0.05, 0) is 35.9 Å². The van der Waals surface area contributed by atoms with Crippen molar-refractivity contribution in [2.45, 2.75) is 34.1 Å². The Bertz CT molecular complexity index is 724. The van der Waals surface area contributed by atoms with Crippen LogP contribution < -0.4 is 11.1 Å². The van der Waals surface area contributed by atoms with Crippen molar-refractivity contribution in [3.8, 4) is 0 Å². The first kappa shape index (κ1) is 21.3. The fraction of sp³-hybridized carbons (Fsp3) is 0.474. The molecule has 140 valence electrons. The van der Waals surface area contributed by atoms with Crippen LogP contribution in [0.5, 0.6) is 0 Å². The summed E-state index contributed by atoms with van der Waals surface area (Å²) in [5, 5.41) is 3.29. The monoisotopic (exact) mass is 366 g/mol. The molecule has 0 aliphatic heterocycles. The normalized spacial score (nSPS) is 17.8. The van der Waals surface area contributed by atoms with Crippen LogP contribution in [0.4, 0.5) is 0 Å². The summed E-state index contributed by atoms with van der Waals surface area (Å²) in [4.78, 5) is 0. The largest absolute Gasteiger partial charge is 0.405 e. The van der Waals surface area contributed by atoms with Crippen LogP contribution >= 0.6 is 0 Å². The highest BCUT2D eigenvalue weighted by atomic mass is 32.2. The Morgan fingerprint density at radius 3 is 2.64 bits per heavy atom. The van der Waals surface area contributed by atoms with Crippen molar-refractivity contribution >= 4 is 10.1 Å². The van der Waals surface area contributed by atoms with Crippen molar-refractivity contribution < 1.29 is 13.0 Å². The molecule has 1 aliphatic carbocycles. The van der Waals surface area contributed by atoms with Gasteiger partial charge in [0.15, 0.2) is 0 Å². The smallest absolute Gasteiger partial charge is 0.264 e. The van der Waals surface area contributed by atoms with E-state index in [-0.39, 0.29) is 16.6 Å². The lowest BCUT2D eigenvalue weighted by Gasteiger charge is -2.33. The van der Waals surface area contributed by atoms with E-state index in [0.717, 1.165) is 16.8 Å². The van der Waals surface area contributed by atoms with Gasteiger partial charge in [0.1, 0.15) is 0 Å². The second kappa shape index (κ2) is 8.06. The highest BCUT2D eigenvalue weighted by Crippen LogP contribution is 2.41. The molecule has 0 unspecified atom stereocenters. The maximum absolute atomic E-state index is 10.9. The highest BCUT2D eigenvalue weighted by molar-refractivity contribution is 7.85. The van der Waals surface area contributed by atoms with Gasteiger partial charge in [-0.1, -0.05) is 52.5 Å². The van der Waals surface area contributed by atoms with E-state index in [0.29, 0.717) is 13.0 Å². The second-order valence-electron chi connectivity index (χ2n) is 7.39. The summed E-state index contributed by atoms with van der Waals surface area (Å²) in [6.07, 6.45) is 11.9. The quantitative estimate of drug-likeness (QED) is 0.348. The minimum Gasteiger partial charge on any atom is -0.405 e. The van der Waals surface area contributed by atoms with Gasteiger partial charge in [0.05, 0.1) is 5.75 Å². The summed E-state index contributed by atoms with van der Waals surface area (Å²) in [5.74, 6) is -0.264. The number of hydrogen-bond donors (Lipinski definition) is 3. The summed E-state index contributed by atoms with van der Waals surface area (Å²) in [5.41, 5.74) is 7.90. The van der Waals surface area contributed by atoms with E-state index in [9.17, 15) is 8.42 Å². The van der Waals surface area contributed by atoms with Gasteiger partial charge in [0, 0.05) is 23.1 Å². The topological polar surface area (TPSA) is 92.4 Å². The van der Waals surface area contributed by atoms with Crippen molar-refractivity contribution in [3.63, 3.8) is 0 Å². The third-order valence-electron chi connectivity index (χ3n) is 4.26. The standard InChI is InChI=1S/C19H30N2O3S/c1-15(9-11-20)19(4,5)16-14-18(2,3)10-6-8-17(16)21-12-7-13-25(22,23)24/h6,8-11,14,21H,1,7,12-13,20H2,2-5H3,(H,22,23,24)/b11-9+. The molecule has 6 heteroatoms. The predicted molar refractivity (Wildman–Crippen MR) is 104 cm³/mol. The molecular weight excluding hydrogens is 336 g/mol. The molecule has 0 amide bonds. The zero-order valence-electron chi connectivity index (χ0n) is 15.5. The summed E-state index contributed by atoms with van der Waals surface area (Å²) in [6.45, 7) is 13.0. The summed E-state index contributed by atoms with van der Waals surface area (Å²) >= 11 is 0. The molecule has 25 heavy (non-hydrogen) atoms. The van der Waals surface area contributed by atoms with E-state index in [1.165, 1.54) is 6.20 Å². The minimum atomic E-state index is -3.94. The maximum Gasteiger partial charge on any atom is 0.264 e. The van der Waals surface area contributed by atoms with Crippen molar-refractivity contribution in [2.75, 3.05) is 12.3 Å². The van der Waals surface area contributed by atoms with Crippen LogP contribution in [-0.4, -0.2) is 25.3 Å². The number of nitrogens with two attached hydrogens (primary N) is 1. The molecule has 0 spiro atoms. The van der Waals surface area contributed by atoms with Gasteiger partial charge < -0.3 is 11.1 Å². The Morgan fingerprint density at radius 1 is 1.44 bits per heavy atom. The molecule has 0 heterocycles. The van der Waals surface area contributed by atoms with Gasteiger partial charge in [-0.3, -0.25) is 4.55 Å². The van der Waals surface area contributed by atoms with Crippen molar-refractivity contribution in [1.82, 2.24) is 5.32 Å². The van der Waals surface area contributed by atoms with E-state index >= 15 is 0 Å². The van der Waals surface area contributed by atoms with Crippen LogP contribution in [0, 0.1) is 10.8 Å². The van der Waals surface area contributed by atoms with Gasteiger partial charge >= 0.3 is 0 Å². The molecule has 0 radical (unpaired) electrons. The van der Waals surface area contributed by atoms with Gasteiger partial charge in [-0.2, -0.15) is 8.42 Å². The molecule has 5 nitrogen and oxygen atoms in total. The molecule has 0 aromatic heterocycles. The zero-order valence-corrected chi connectivity index (χ0v) is 16.4. The van der Waals surface area contributed by atoms with Crippen LogP contribution in [0.25, 0.3) is 0 Å². The Balaban J connectivity index is 3.09. The first-order valence-electron chi connectivity index (χ1n) is 8.29. The molecule has 4 N–H and O–H groups in total. The molecule has 0 aromatic carbocycles. The summed E-state index contributed by atoms with van der Waals surface area (Å²) < 4.78 is 30.6. The Morgan fingerprint density at radius 2 is 2.08 bits per heavy atom. The zero-order chi connectivity index (χ0) is 19.3. The van der Waals surface area contributed by atoms with Gasteiger partial charge in [0.2, 0.25) is 0 Å². The molecule has 0 aromatic rings.